The number of rotatable bonds is 4. The number of benzene rings is 2. The molecule has 0 heterocycles. The third-order valence-corrected chi connectivity index (χ3v) is 5.05. The van der Waals surface area contributed by atoms with E-state index in [0.29, 0.717) is 12.8 Å². The van der Waals surface area contributed by atoms with E-state index in [2.05, 4.69) is 0 Å². The molecule has 0 amide bonds. The highest BCUT2D eigenvalue weighted by Gasteiger charge is 2.51. The second kappa shape index (κ2) is 5.93. The Bertz CT molecular complexity index is 785. The number of aliphatic carboxylic acids is 1. The fourth-order valence-electron chi connectivity index (χ4n) is 3.44. The average Bonchev–Trinajstić information content (AvgIpc) is 3.05. The van der Waals surface area contributed by atoms with Crippen LogP contribution in [0, 0.1) is 5.41 Å². The molecular formula is C20H22O4. The summed E-state index contributed by atoms with van der Waals surface area (Å²) in [6.45, 7) is 3.61. The van der Waals surface area contributed by atoms with Crippen molar-refractivity contribution in [2.75, 3.05) is 0 Å². The minimum Gasteiger partial charge on any atom is -0.480 e. The zero-order valence-electron chi connectivity index (χ0n) is 14.0. The van der Waals surface area contributed by atoms with Crippen LogP contribution in [0.25, 0.3) is 10.8 Å². The van der Waals surface area contributed by atoms with Crippen molar-refractivity contribution in [3.05, 3.63) is 48.0 Å². The van der Waals surface area contributed by atoms with Crippen LogP contribution < -0.4 is 0 Å². The summed E-state index contributed by atoms with van der Waals surface area (Å²) in [6, 6.07) is 13.9. The fraction of sp³-hybridized carbons (Fsp3) is 0.400. The van der Waals surface area contributed by atoms with Crippen molar-refractivity contribution in [1.29, 1.82) is 0 Å². The summed E-state index contributed by atoms with van der Waals surface area (Å²) >= 11 is 0. The Kier molecular flexibility index (Phi) is 4.08. The van der Waals surface area contributed by atoms with E-state index in [1.807, 2.05) is 42.5 Å². The maximum absolute atomic E-state index is 12.7. The van der Waals surface area contributed by atoms with Crippen molar-refractivity contribution in [2.24, 2.45) is 5.41 Å². The van der Waals surface area contributed by atoms with Gasteiger partial charge >= 0.3 is 11.9 Å². The smallest absolute Gasteiger partial charge is 0.324 e. The van der Waals surface area contributed by atoms with Crippen LogP contribution in [-0.2, 0) is 19.9 Å². The van der Waals surface area contributed by atoms with Gasteiger partial charge in [0, 0.05) is 0 Å². The summed E-state index contributed by atoms with van der Waals surface area (Å²) in [7, 11) is 0. The maximum atomic E-state index is 12.7. The molecule has 2 aromatic rings. The van der Waals surface area contributed by atoms with E-state index >= 15 is 0 Å². The highest BCUT2D eigenvalue weighted by Crippen LogP contribution is 2.41. The third kappa shape index (κ3) is 2.77. The van der Waals surface area contributed by atoms with Crippen molar-refractivity contribution in [3.8, 4) is 0 Å². The Balaban J connectivity index is 1.89. The summed E-state index contributed by atoms with van der Waals surface area (Å²) in [5.74, 6) is -1.69. The minimum atomic E-state index is -1.38. The van der Waals surface area contributed by atoms with E-state index in [1.54, 1.807) is 13.8 Å². The SMILES string of the molecule is CC(C)(OC(=O)C1(C(=O)O)CCCC1)c1ccc2ccccc2c1. The topological polar surface area (TPSA) is 63.6 Å². The molecule has 126 valence electrons. The molecule has 1 aliphatic rings. The third-order valence-electron chi connectivity index (χ3n) is 5.05. The molecule has 1 N–H and O–H groups in total. The van der Waals surface area contributed by atoms with Gasteiger partial charge in [-0.3, -0.25) is 9.59 Å². The van der Waals surface area contributed by atoms with Gasteiger partial charge in [-0.25, -0.2) is 0 Å². The van der Waals surface area contributed by atoms with Gasteiger partial charge in [-0.05, 0) is 49.1 Å². The van der Waals surface area contributed by atoms with E-state index in [9.17, 15) is 14.7 Å². The molecule has 0 bridgehead atoms. The normalized spacial score (nSPS) is 16.9. The molecule has 4 heteroatoms. The average molecular weight is 326 g/mol. The number of carbonyl (C=O) groups excluding carboxylic acids is 1. The lowest BCUT2D eigenvalue weighted by Crippen LogP contribution is -2.41. The summed E-state index contributed by atoms with van der Waals surface area (Å²) in [5.41, 5.74) is -1.41. The number of carbonyl (C=O) groups is 2. The second-order valence-corrected chi connectivity index (χ2v) is 7.06. The predicted molar refractivity (Wildman–Crippen MR) is 91.6 cm³/mol. The number of esters is 1. The first-order chi connectivity index (χ1) is 11.3. The molecule has 0 atom stereocenters. The van der Waals surface area contributed by atoms with Crippen molar-refractivity contribution in [3.63, 3.8) is 0 Å². The van der Waals surface area contributed by atoms with E-state index < -0.39 is 23.0 Å². The number of hydrogen-bond donors (Lipinski definition) is 1. The summed E-state index contributed by atoms with van der Waals surface area (Å²) in [5, 5.41) is 11.7. The quantitative estimate of drug-likeness (QED) is 0.673. The molecule has 2 aromatic carbocycles. The van der Waals surface area contributed by atoms with E-state index in [4.69, 9.17) is 4.74 Å². The first kappa shape index (κ1) is 16.5. The number of fused-ring (bicyclic) bond motifs is 1. The van der Waals surface area contributed by atoms with Crippen LogP contribution in [0.5, 0.6) is 0 Å². The highest BCUT2D eigenvalue weighted by molar-refractivity contribution is 5.99. The van der Waals surface area contributed by atoms with Gasteiger partial charge in [0.2, 0.25) is 0 Å². The molecule has 24 heavy (non-hydrogen) atoms. The van der Waals surface area contributed by atoms with Crippen LogP contribution in [0.2, 0.25) is 0 Å². The van der Waals surface area contributed by atoms with Crippen LogP contribution in [0.3, 0.4) is 0 Å². The minimum absolute atomic E-state index is 0.356. The summed E-state index contributed by atoms with van der Waals surface area (Å²) < 4.78 is 5.70. The largest absolute Gasteiger partial charge is 0.480 e. The molecule has 1 saturated carbocycles. The Morgan fingerprint density at radius 2 is 1.67 bits per heavy atom. The van der Waals surface area contributed by atoms with E-state index in [-0.39, 0.29) is 0 Å². The van der Waals surface area contributed by atoms with Crippen molar-refractivity contribution in [2.45, 2.75) is 45.1 Å². The van der Waals surface area contributed by atoms with Crippen LogP contribution in [0.4, 0.5) is 0 Å². The zero-order valence-corrected chi connectivity index (χ0v) is 14.0. The van der Waals surface area contributed by atoms with E-state index in [1.165, 1.54) is 0 Å². The first-order valence-corrected chi connectivity index (χ1v) is 8.31. The molecule has 1 fully saturated rings. The Morgan fingerprint density at radius 1 is 1.04 bits per heavy atom. The van der Waals surface area contributed by atoms with Gasteiger partial charge in [0.05, 0.1) is 0 Å². The van der Waals surface area contributed by atoms with Gasteiger partial charge in [0.15, 0.2) is 5.41 Å². The van der Waals surface area contributed by atoms with Crippen molar-refractivity contribution >= 4 is 22.7 Å². The van der Waals surface area contributed by atoms with Crippen LogP contribution in [0.1, 0.15) is 45.1 Å². The number of ether oxygens (including phenoxy) is 1. The lowest BCUT2D eigenvalue weighted by molar-refractivity contribution is -0.178. The molecular weight excluding hydrogens is 304 g/mol. The predicted octanol–water partition coefficient (Wildman–Crippen LogP) is 4.26. The van der Waals surface area contributed by atoms with Crippen LogP contribution in [0.15, 0.2) is 42.5 Å². The number of carboxylic acid groups (broad SMARTS) is 1. The first-order valence-electron chi connectivity index (χ1n) is 8.31. The standard InChI is InChI=1S/C20H22O4/c1-19(2,16-10-9-14-7-3-4-8-15(14)13-16)24-18(23)20(17(21)22)11-5-6-12-20/h3-4,7-10,13H,5-6,11-12H2,1-2H3,(H,21,22). The molecule has 0 aliphatic heterocycles. The Hall–Kier alpha value is -2.36. The molecule has 4 nitrogen and oxygen atoms in total. The number of carboxylic acids is 1. The highest BCUT2D eigenvalue weighted by atomic mass is 16.6. The summed E-state index contributed by atoms with van der Waals surface area (Å²) in [6.07, 6.45) is 2.21. The Morgan fingerprint density at radius 3 is 2.29 bits per heavy atom. The Labute approximate surface area is 141 Å². The maximum Gasteiger partial charge on any atom is 0.324 e. The molecule has 0 saturated heterocycles. The lowest BCUT2D eigenvalue weighted by atomic mass is 9.86. The van der Waals surface area contributed by atoms with Gasteiger partial charge < -0.3 is 9.84 Å². The van der Waals surface area contributed by atoms with Gasteiger partial charge in [-0.15, -0.1) is 0 Å². The molecule has 0 radical (unpaired) electrons. The van der Waals surface area contributed by atoms with Crippen LogP contribution in [-0.4, -0.2) is 17.0 Å². The second-order valence-electron chi connectivity index (χ2n) is 7.06. The number of hydrogen-bond acceptors (Lipinski definition) is 3. The molecule has 0 unspecified atom stereocenters. The van der Waals surface area contributed by atoms with E-state index in [0.717, 1.165) is 29.2 Å². The molecule has 1 aliphatic carbocycles. The van der Waals surface area contributed by atoms with Gasteiger partial charge in [0.25, 0.3) is 0 Å². The van der Waals surface area contributed by atoms with Gasteiger partial charge in [-0.1, -0.05) is 49.2 Å². The lowest BCUT2D eigenvalue weighted by Gasteiger charge is -2.31. The summed E-state index contributed by atoms with van der Waals surface area (Å²) in [4.78, 5) is 24.3. The van der Waals surface area contributed by atoms with Crippen molar-refractivity contribution < 1.29 is 19.4 Å². The molecule has 0 spiro atoms. The van der Waals surface area contributed by atoms with Crippen LogP contribution >= 0.6 is 0 Å². The zero-order chi connectivity index (χ0) is 17.4. The van der Waals surface area contributed by atoms with Gasteiger partial charge in [0.1, 0.15) is 5.60 Å². The molecule has 0 aromatic heterocycles. The fourth-order valence-corrected chi connectivity index (χ4v) is 3.44. The monoisotopic (exact) mass is 326 g/mol. The van der Waals surface area contributed by atoms with Gasteiger partial charge in [-0.2, -0.15) is 0 Å². The molecule has 3 rings (SSSR count). The van der Waals surface area contributed by atoms with Crippen molar-refractivity contribution in [1.82, 2.24) is 0 Å².